The number of carboxylic acid groups (broad SMARTS) is 1. The molecule has 30 heavy (non-hydrogen) atoms. The van der Waals surface area contributed by atoms with Crippen molar-refractivity contribution in [1.29, 1.82) is 0 Å². The van der Waals surface area contributed by atoms with Crippen LogP contribution in [0.15, 0.2) is 60.7 Å². The first-order valence-electron chi connectivity index (χ1n) is 9.62. The number of H-pyrrole nitrogens is 1. The number of aryl methyl sites for hydroxylation is 2. The van der Waals surface area contributed by atoms with Gasteiger partial charge in [-0.25, -0.2) is 9.78 Å². The Kier molecular flexibility index (Phi) is 5.39. The third-order valence-corrected chi connectivity index (χ3v) is 4.76. The van der Waals surface area contributed by atoms with E-state index in [1.54, 1.807) is 6.07 Å². The number of aromatic nitrogens is 2. The quantitative estimate of drug-likeness (QED) is 0.453. The van der Waals surface area contributed by atoms with Crippen LogP contribution in [0.3, 0.4) is 0 Å². The van der Waals surface area contributed by atoms with Gasteiger partial charge in [0.1, 0.15) is 19.0 Å². The molecule has 4 aromatic rings. The van der Waals surface area contributed by atoms with Crippen LogP contribution in [0.1, 0.15) is 32.9 Å². The van der Waals surface area contributed by atoms with E-state index in [1.807, 2.05) is 56.3 Å². The smallest absolute Gasteiger partial charge is 0.335 e. The van der Waals surface area contributed by atoms with E-state index in [9.17, 15) is 9.90 Å². The number of nitrogens with one attached hydrogen (secondary N) is 1. The maximum atomic E-state index is 11.4. The van der Waals surface area contributed by atoms with E-state index in [2.05, 4.69) is 9.97 Å². The summed E-state index contributed by atoms with van der Waals surface area (Å²) in [6.07, 6.45) is 0. The molecule has 1 aromatic heterocycles. The predicted molar refractivity (Wildman–Crippen MR) is 114 cm³/mol. The Balaban J connectivity index is 1.53. The minimum absolute atomic E-state index is 0.139. The highest BCUT2D eigenvalue weighted by Gasteiger charge is 2.12. The number of aromatic carboxylic acids is 1. The van der Waals surface area contributed by atoms with Gasteiger partial charge in [-0.15, -0.1) is 0 Å². The van der Waals surface area contributed by atoms with Crippen LogP contribution in [0.2, 0.25) is 0 Å². The number of rotatable bonds is 7. The Hall–Kier alpha value is -3.80. The molecule has 0 spiro atoms. The number of hydrogen-bond donors (Lipinski definition) is 2. The van der Waals surface area contributed by atoms with Crippen LogP contribution in [0.4, 0.5) is 0 Å². The number of nitrogens with zero attached hydrogens (tertiary/aromatic N) is 1. The minimum atomic E-state index is -1.02. The van der Waals surface area contributed by atoms with E-state index in [0.29, 0.717) is 23.9 Å². The number of fused-ring (bicyclic) bond motifs is 1. The average Bonchev–Trinajstić information content (AvgIpc) is 3.14. The van der Waals surface area contributed by atoms with Crippen LogP contribution < -0.4 is 9.47 Å². The molecule has 2 N–H and O–H groups in total. The molecule has 3 aromatic carbocycles. The van der Waals surface area contributed by atoms with Crippen LogP contribution in [-0.4, -0.2) is 21.0 Å². The van der Waals surface area contributed by atoms with E-state index < -0.39 is 5.97 Å². The van der Waals surface area contributed by atoms with E-state index in [0.717, 1.165) is 27.7 Å². The van der Waals surface area contributed by atoms with Crippen LogP contribution in [-0.2, 0) is 13.2 Å². The normalized spacial score (nSPS) is 10.9. The summed E-state index contributed by atoms with van der Waals surface area (Å²) in [6, 6.07) is 18.6. The molecule has 0 fully saturated rings. The van der Waals surface area contributed by atoms with Crippen molar-refractivity contribution in [3.8, 4) is 11.5 Å². The number of ether oxygens (including phenoxy) is 2. The summed E-state index contributed by atoms with van der Waals surface area (Å²) >= 11 is 0. The Morgan fingerprint density at radius 1 is 0.900 bits per heavy atom. The Labute approximate surface area is 174 Å². The lowest BCUT2D eigenvalue weighted by Crippen LogP contribution is -2.04. The second-order valence-corrected chi connectivity index (χ2v) is 7.23. The molecule has 0 aliphatic carbocycles. The lowest BCUT2D eigenvalue weighted by molar-refractivity contribution is 0.0696. The van der Waals surface area contributed by atoms with Gasteiger partial charge in [-0.2, -0.15) is 0 Å². The fourth-order valence-electron chi connectivity index (χ4n) is 3.11. The van der Waals surface area contributed by atoms with Gasteiger partial charge < -0.3 is 19.6 Å². The Bertz CT molecular complexity index is 1200. The molecule has 0 aliphatic heterocycles. The first-order valence-corrected chi connectivity index (χ1v) is 9.62. The van der Waals surface area contributed by atoms with E-state index >= 15 is 0 Å². The molecule has 6 heteroatoms. The summed E-state index contributed by atoms with van der Waals surface area (Å²) in [5, 5.41) is 9.32. The molecular formula is C24H22N2O4. The van der Waals surface area contributed by atoms with Crippen molar-refractivity contribution in [3.05, 3.63) is 88.7 Å². The molecule has 4 rings (SSSR count). The number of hydrogen-bond acceptors (Lipinski definition) is 4. The lowest BCUT2D eigenvalue weighted by Gasteiger charge is -2.13. The topological polar surface area (TPSA) is 84.4 Å². The van der Waals surface area contributed by atoms with Gasteiger partial charge in [0.2, 0.25) is 0 Å². The average molecular weight is 402 g/mol. The van der Waals surface area contributed by atoms with Crippen molar-refractivity contribution in [3.63, 3.8) is 0 Å². The third-order valence-electron chi connectivity index (χ3n) is 4.76. The fraction of sp³-hybridized carbons (Fsp3) is 0.167. The van der Waals surface area contributed by atoms with E-state index in [4.69, 9.17) is 9.47 Å². The van der Waals surface area contributed by atoms with Crippen molar-refractivity contribution in [2.24, 2.45) is 0 Å². The predicted octanol–water partition coefficient (Wildman–Crippen LogP) is 5.04. The minimum Gasteiger partial charge on any atom is -0.485 e. The second-order valence-electron chi connectivity index (χ2n) is 7.23. The highest BCUT2D eigenvalue weighted by atomic mass is 16.5. The van der Waals surface area contributed by atoms with Crippen molar-refractivity contribution in [2.75, 3.05) is 0 Å². The molecule has 0 saturated carbocycles. The molecule has 0 saturated heterocycles. The molecule has 0 radical (unpaired) electrons. The number of imidazole rings is 1. The number of benzene rings is 3. The molecule has 0 unspecified atom stereocenters. The molecule has 6 nitrogen and oxygen atoms in total. The van der Waals surface area contributed by atoms with Crippen LogP contribution >= 0.6 is 0 Å². The summed E-state index contributed by atoms with van der Waals surface area (Å²) in [6.45, 7) is 4.56. The van der Waals surface area contributed by atoms with Gasteiger partial charge in [0, 0.05) is 0 Å². The summed E-state index contributed by atoms with van der Waals surface area (Å²) in [7, 11) is 0. The number of carboxylic acids is 1. The third kappa shape index (κ3) is 4.43. The van der Waals surface area contributed by atoms with Gasteiger partial charge in [0.05, 0.1) is 16.6 Å². The van der Waals surface area contributed by atoms with Gasteiger partial charge in [-0.3, -0.25) is 0 Å². The van der Waals surface area contributed by atoms with Crippen molar-refractivity contribution in [1.82, 2.24) is 9.97 Å². The molecule has 0 aliphatic rings. The lowest BCUT2D eigenvalue weighted by atomic mass is 10.1. The van der Waals surface area contributed by atoms with Crippen LogP contribution in [0, 0.1) is 13.8 Å². The highest BCUT2D eigenvalue weighted by molar-refractivity contribution is 5.88. The summed E-state index contributed by atoms with van der Waals surface area (Å²) in [5.74, 6) is 0.503. The molecule has 0 amide bonds. The zero-order valence-electron chi connectivity index (χ0n) is 16.8. The van der Waals surface area contributed by atoms with Crippen molar-refractivity contribution < 1.29 is 19.4 Å². The van der Waals surface area contributed by atoms with Crippen molar-refractivity contribution >= 4 is 17.0 Å². The van der Waals surface area contributed by atoms with Crippen LogP contribution in [0.25, 0.3) is 11.0 Å². The maximum Gasteiger partial charge on any atom is 0.335 e. The zero-order valence-corrected chi connectivity index (χ0v) is 16.8. The zero-order chi connectivity index (χ0) is 21.1. The second kappa shape index (κ2) is 8.29. The van der Waals surface area contributed by atoms with Gasteiger partial charge in [-0.05, 0) is 55.3 Å². The molecular weight excluding hydrogens is 380 g/mol. The van der Waals surface area contributed by atoms with E-state index in [1.165, 1.54) is 12.1 Å². The molecule has 0 atom stereocenters. The molecule has 1 heterocycles. The SMILES string of the molecule is Cc1ccc(COc2cc(C(=O)O)ccc2OCc2nc3ccc(C)cc3[nH]2)cc1. The van der Waals surface area contributed by atoms with Gasteiger partial charge >= 0.3 is 5.97 Å². The largest absolute Gasteiger partial charge is 0.485 e. The standard InChI is InChI=1S/C24H22N2O4/c1-15-3-6-17(7-4-15)13-29-22-12-18(24(27)28)8-10-21(22)30-14-23-25-19-9-5-16(2)11-20(19)26-23/h3-12H,13-14H2,1-2H3,(H,25,26)(H,27,28). The summed E-state index contributed by atoms with van der Waals surface area (Å²) in [5.41, 5.74) is 5.26. The van der Waals surface area contributed by atoms with Gasteiger partial charge in [-0.1, -0.05) is 35.9 Å². The molecule has 0 bridgehead atoms. The van der Waals surface area contributed by atoms with E-state index in [-0.39, 0.29) is 12.2 Å². The van der Waals surface area contributed by atoms with Crippen LogP contribution in [0.5, 0.6) is 11.5 Å². The Morgan fingerprint density at radius 2 is 1.63 bits per heavy atom. The number of aromatic amines is 1. The Morgan fingerprint density at radius 3 is 2.40 bits per heavy atom. The highest BCUT2D eigenvalue weighted by Crippen LogP contribution is 2.30. The van der Waals surface area contributed by atoms with Gasteiger partial charge in [0.15, 0.2) is 11.5 Å². The monoisotopic (exact) mass is 402 g/mol. The van der Waals surface area contributed by atoms with Crippen molar-refractivity contribution in [2.45, 2.75) is 27.1 Å². The summed E-state index contributed by atoms with van der Waals surface area (Å²) < 4.78 is 11.8. The first-order chi connectivity index (χ1) is 14.5. The maximum absolute atomic E-state index is 11.4. The molecule has 152 valence electrons. The van der Waals surface area contributed by atoms with Gasteiger partial charge in [0.25, 0.3) is 0 Å². The number of carbonyl (C=O) groups is 1. The summed E-state index contributed by atoms with van der Waals surface area (Å²) in [4.78, 5) is 19.1. The fourth-order valence-corrected chi connectivity index (χ4v) is 3.11. The first kappa shape index (κ1) is 19.5.